The molecule has 2 aromatic heterocycles. The molecule has 5 aromatic rings. The molecule has 2 N–H and O–H groups in total. The molecule has 0 saturated carbocycles. The smallest absolute Gasteiger partial charge is 0.278 e. The summed E-state index contributed by atoms with van der Waals surface area (Å²) >= 11 is 0. The molecule has 31 heavy (non-hydrogen) atoms. The van der Waals surface area contributed by atoms with E-state index in [0.29, 0.717) is 11.5 Å². The Hall–Kier alpha value is -4.25. The minimum Gasteiger partial charge on any atom is -0.339 e. The number of aromatic amines is 1. The zero-order valence-electron chi connectivity index (χ0n) is 17.0. The second kappa shape index (κ2) is 7.88. The summed E-state index contributed by atoms with van der Waals surface area (Å²) in [5.41, 5.74) is 5.43. The largest absolute Gasteiger partial charge is 0.339 e. The van der Waals surface area contributed by atoms with E-state index in [1.807, 2.05) is 42.5 Å². The van der Waals surface area contributed by atoms with Crippen LogP contribution in [0.2, 0.25) is 0 Å². The molecule has 0 atom stereocenters. The Kier molecular flexibility index (Phi) is 4.77. The van der Waals surface area contributed by atoms with Gasteiger partial charge in [0.05, 0.1) is 0 Å². The van der Waals surface area contributed by atoms with Gasteiger partial charge in [0, 0.05) is 32.0 Å². The number of fused-ring (bicyclic) bond motifs is 3. The van der Waals surface area contributed by atoms with Gasteiger partial charge in [-0.3, -0.25) is 0 Å². The number of hydrogen-bond acceptors (Lipinski definition) is 3. The Morgan fingerprint density at radius 2 is 1.61 bits per heavy atom. The number of rotatable bonds is 5. The van der Waals surface area contributed by atoms with E-state index in [1.165, 1.54) is 12.6 Å². The van der Waals surface area contributed by atoms with Gasteiger partial charge in [-0.15, -0.1) is 0 Å². The number of nitroso groups, excluding NO2 is 1. The van der Waals surface area contributed by atoms with Crippen LogP contribution in [0, 0.1) is 4.91 Å². The molecule has 0 fully saturated rings. The minimum atomic E-state index is 0.566. The molecule has 5 heteroatoms. The number of para-hydroxylation sites is 2. The van der Waals surface area contributed by atoms with Gasteiger partial charge in [-0.2, -0.15) is 0 Å². The molecule has 0 aliphatic heterocycles. The SMILES string of the molecule is C[N+](=O)c1ccccc1Nc1ccc2c(n1)[nH]c1ccc(/C=C/c3ccccc3)cc12. The van der Waals surface area contributed by atoms with Crippen LogP contribution in [-0.2, 0) is 0 Å². The van der Waals surface area contributed by atoms with E-state index in [1.54, 1.807) is 6.07 Å². The average molecular weight is 405 g/mol. The number of hydrogen-bond donors (Lipinski definition) is 2. The summed E-state index contributed by atoms with van der Waals surface area (Å²) < 4.78 is 0.842. The Morgan fingerprint density at radius 3 is 2.45 bits per heavy atom. The number of H-pyrrole nitrogens is 1. The lowest BCUT2D eigenvalue weighted by molar-refractivity contribution is -0.427. The summed E-state index contributed by atoms with van der Waals surface area (Å²) in [6, 6.07) is 28.0. The van der Waals surface area contributed by atoms with Crippen LogP contribution in [-0.4, -0.2) is 21.8 Å². The van der Waals surface area contributed by atoms with E-state index in [9.17, 15) is 4.91 Å². The Bertz CT molecular complexity index is 1430. The molecule has 5 rings (SSSR count). The number of benzene rings is 3. The zero-order chi connectivity index (χ0) is 21.2. The van der Waals surface area contributed by atoms with Gasteiger partial charge in [0.2, 0.25) is 0 Å². The fourth-order valence-electron chi connectivity index (χ4n) is 3.71. The molecule has 5 nitrogen and oxygen atoms in total. The van der Waals surface area contributed by atoms with Crippen molar-refractivity contribution >= 4 is 51.3 Å². The topological polar surface area (TPSA) is 60.8 Å². The van der Waals surface area contributed by atoms with Crippen LogP contribution < -0.4 is 5.32 Å². The van der Waals surface area contributed by atoms with Crippen molar-refractivity contribution in [3.63, 3.8) is 0 Å². The van der Waals surface area contributed by atoms with Crippen LogP contribution in [0.5, 0.6) is 0 Å². The standard InChI is InChI=1S/C26H21N4O/c1-30(31)24-10-6-5-9-23(24)27-25-16-14-20-21-17-19(12-11-18-7-3-2-4-8-18)13-15-22(21)28-26(20)29-25/h2-17H,1H3,(H2,27,28,29)/q+1/b12-11+. The van der Waals surface area contributed by atoms with Gasteiger partial charge < -0.3 is 10.3 Å². The number of pyridine rings is 1. The predicted octanol–water partition coefficient (Wildman–Crippen LogP) is 6.67. The first-order valence-corrected chi connectivity index (χ1v) is 10.1. The van der Waals surface area contributed by atoms with Gasteiger partial charge in [0.15, 0.2) is 7.05 Å². The highest BCUT2D eigenvalue weighted by atomic mass is 16.3. The van der Waals surface area contributed by atoms with Crippen LogP contribution in [0.25, 0.3) is 34.1 Å². The molecule has 0 bridgehead atoms. The third kappa shape index (κ3) is 3.81. The van der Waals surface area contributed by atoms with Crippen molar-refractivity contribution in [2.24, 2.45) is 0 Å². The molecule has 0 spiro atoms. The van der Waals surface area contributed by atoms with Gasteiger partial charge in [-0.1, -0.05) is 60.7 Å². The van der Waals surface area contributed by atoms with Gasteiger partial charge in [-0.05, 0) is 41.5 Å². The maximum absolute atomic E-state index is 11.8. The zero-order valence-corrected chi connectivity index (χ0v) is 17.0. The molecule has 0 radical (unpaired) electrons. The highest BCUT2D eigenvalue weighted by Gasteiger charge is 2.14. The normalized spacial score (nSPS) is 11.4. The lowest BCUT2D eigenvalue weighted by Crippen LogP contribution is -1.99. The second-order valence-electron chi connectivity index (χ2n) is 7.41. The number of anilines is 2. The van der Waals surface area contributed by atoms with Crippen molar-refractivity contribution in [3.05, 3.63) is 101 Å². The summed E-state index contributed by atoms with van der Waals surface area (Å²) in [4.78, 5) is 19.9. The van der Waals surface area contributed by atoms with E-state index in [-0.39, 0.29) is 0 Å². The Morgan fingerprint density at radius 1 is 0.839 bits per heavy atom. The molecule has 2 heterocycles. The summed E-state index contributed by atoms with van der Waals surface area (Å²) in [5.74, 6) is 0.678. The lowest BCUT2D eigenvalue weighted by atomic mass is 10.1. The van der Waals surface area contributed by atoms with E-state index in [2.05, 4.69) is 58.9 Å². The molecule has 150 valence electrons. The molecule has 0 saturated heterocycles. The first-order chi connectivity index (χ1) is 15.2. The fraction of sp³-hybridized carbons (Fsp3) is 0.0385. The number of nitrogens with one attached hydrogen (secondary N) is 2. The second-order valence-corrected chi connectivity index (χ2v) is 7.41. The highest BCUT2D eigenvalue weighted by Crippen LogP contribution is 2.30. The first-order valence-electron chi connectivity index (χ1n) is 10.1. The first kappa shape index (κ1) is 18.8. The van der Waals surface area contributed by atoms with Crippen LogP contribution in [0.1, 0.15) is 11.1 Å². The van der Waals surface area contributed by atoms with E-state index >= 15 is 0 Å². The van der Waals surface area contributed by atoms with Crippen LogP contribution in [0.3, 0.4) is 0 Å². The molecule has 0 amide bonds. The van der Waals surface area contributed by atoms with Crippen molar-refractivity contribution in [2.45, 2.75) is 0 Å². The summed E-state index contributed by atoms with van der Waals surface area (Å²) in [6.07, 6.45) is 4.23. The third-order valence-electron chi connectivity index (χ3n) is 5.26. The van der Waals surface area contributed by atoms with Crippen molar-refractivity contribution in [1.29, 1.82) is 0 Å². The molecule has 0 aliphatic rings. The maximum Gasteiger partial charge on any atom is 0.278 e. The van der Waals surface area contributed by atoms with E-state index < -0.39 is 0 Å². The summed E-state index contributed by atoms with van der Waals surface area (Å²) in [6.45, 7) is 0. The minimum absolute atomic E-state index is 0.566. The van der Waals surface area contributed by atoms with Gasteiger partial charge >= 0.3 is 0 Å². The summed E-state index contributed by atoms with van der Waals surface area (Å²) in [5, 5.41) is 5.44. The third-order valence-corrected chi connectivity index (χ3v) is 5.26. The van der Waals surface area contributed by atoms with Crippen molar-refractivity contribution in [1.82, 2.24) is 9.97 Å². The molecule has 0 aliphatic carbocycles. The number of nitrogens with zero attached hydrogens (tertiary/aromatic N) is 2. The molecule has 3 aromatic carbocycles. The van der Waals surface area contributed by atoms with Crippen molar-refractivity contribution in [2.75, 3.05) is 12.4 Å². The van der Waals surface area contributed by atoms with Crippen molar-refractivity contribution in [3.8, 4) is 0 Å². The van der Waals surface area contributed by atoms with Crippen LogP contribution >= 0.6 is 0 Å². The van der Waals surface area contributed by atoms with Crippen molar-refractivity contribution < 1.29 is 4.76 Å². The predicted molar refractivity (Wildman–Crippen MR) is 128 cm³/mol. The molecular weight excluding hydrogens is 384 g/mol. The highest BCUT2D eigenvalue weighted by molar-refractivity contribution is 6.07. The maximum atomic E-state index is 11.8. The molecule has 0 unspecified atom stereocenters. The fourth-order valence-corrected chi connectivity index (χ4v) is 3.71. The van der Waals surface area contributed by atoms with Crippen LogP contribution in [0.15, 0.2) is 84.9 Å². The van der Waals surface area contributed by atoms with E-state index in [4.69, 9.17) is 4.98 Å². The Labute approximate surface area is 179 Å². The lowest BCUT2D eigenvalue weighted by Gasteiger charge is -2.05. The van der Waals surface area contributed by atoms with Gasteiger partial charge in [0.25, 0.3) is 5.69 Å². The van der Waals surface area contributed by atoms with Crippen LogP contribution in [0.4, 0.5) is 17.2 Å². The quantitative estimate of drug-likeness (QED) is 0.253. The van der Waals surface area contributed by atoms with Gasteiger partial charge in [0.1, 0.15) is 17.2 Å². The number of aromatic nitrogens is 2. The summed E-state index contributed by atoms with van der Waals surface area (Å²) in [7, 11) is 1.48. The molecular formula is C26H21N4O+. The van der Waals surface area contributed by atoms with E-state index in [0.717, 1.165) is 37.9 Å². The van der Waals surface area contributed by atoms with Gasteiger partial charge in [-0.25, -0.2) is 4.98 Å². The average Bonchev–Trinajstić information content (AvgIpc) is 3.15. The monoisotopic (exact) mass is 405 g/mol. The Balaban J connectivity index is 1.48.